The van der Waals surface area contributed by atoms with Crippen molar-refractivity contribution >= 4 is 5.91 Å². The Morgan fingerprint density at radius 3 is 2.47 bits per heavy atom. The van der Waals surface area contributed by atoms with Gasteiger partial charge in [0.05, 0.1) is 12.1 Å². The zero-order valence-corrected chi connectivity index (χ0v) is 11.2. The number of hydrogen-bond donors (Lipinski definition) is 3. The van der Waals surface area contributed by atoms with Gasteiger partial charge in [0.2, 0.25) is 5.91 Å². The standard InChI is InChI=1S/C13H26N2O2/c1-9(2)14-13(17)10(3)15-11-7-5-4-6-8-12(11)16/h9-12,15-16H,4-8H2,1-3H3,(H,14,17). The molecule has 1 amide bonds. The quantitative estimate of drug-likeness (QED) is 0.649. The fourth-order valence-corrected chi connectivity index (χ4v) is 2.29. The number of nitrogens with one attached hydrogen (secondary N) is 2. The molecule has 0 spiro atoms. The van der Waals surface area contributed by atoms with Gasteiger partial charge in [0.25, 0.3) is 0 Å². The van der Waals surface area contributed by atoms with E-state index in [-0.39, 0.29) is 30.1 Å². The Hall–Kier alpha value is -0.610. The van der Waals surface area contributed by atoms with Crippen molar-refractivity contribution in [1.29, 1.82) is 0 Å². The Labute approximate surface area is 104 Å². The summed E-state index contributed by atoms with van der Waals surface area (Å²) < 4.78 is 0. The summed E-state index contributed by atoms with van der Waals surface area (Å²) in [6, 6.07) is -0.0219. The van der Waals surface area contributed by atoms with Gasteiger partial charge in [-0.25, -0.2) is 0 Å². The maximum Gasteiger partial charge on any atom is 0.237 e. The van der Waals surface area contributed by atoms with Crippen molar-refractivity contribution in [3.05, 3.63) is 0 Å². The number of amides is 1. The van der Waals surface area contributed by atoms with Gasteiger partial charge in [0.1, 0.15) is 0 Å². The molecule has 4 heteroatoms. The lowest BCUT2D eigenvalue weighted by atomic mass is 10.0. The number of aliphatic hydroxyl groups is 1. The van der Waals surface area contributed by atoms with Gasteiger partial charge in [-0.1, -0.05) is 19.3 Å². The zero-order chi connectivity index (χ0) is 12.8. The van der Waals surface area contributed by atoms with Gasteiger partial charge in [-0.05, 0) is 33.6 Å². The van der Waals surface area contributed by atoms with E-state index in [1.165, 1.54) is 6.42 Å². The Balaban J connectivity index is 2.42. The van der Waals surface area contributed by atoms with Crippen LogP contribution in [0.1, 0.15) is 52.9 Å². The highest BCUT2D eigenvalue weighted by Crippen LogP contribution is 2.18. The van der Waals surface area contributed by atoms with Gasteiger partial charge in [0.15, 0.2) is 0 Å². The summed E-state index contributed by atoms with van der Waals surface area (Å²) in [5, 5.41) is 16.1. The van der Waals surface area contributed by atoms with E-state index in [9.17, 15) is 9.90 Å². The van der Waals surface area contributed by atoms with Crippen LogP contribution in [0.4, 0.5) is 0 Å². The van der Waals surface area contributed by atoms with E-state index in [0.717, 1.165) is 25.7 Å². The second-order valence-corrected chi connectivity index (χ2v) is 5.36. The summed E-state index contributed by atoms with van der Waals surface area (Å²) in [6.45, 7) is 5.76. The molecule has 17 heavy (non-hydrogen) atoms. The second kappa shape index (κ2) is 6.97. The molecule has 1 aliphatic rings. The first kappa shape index (κ1) is 14.5. The molecule has 0 radical (unpaired) electrons. The maximum absolute atomic E-state index is 11.8. The summed E-state index contributed by atoms with van der Waals surface area (Å²) in [5.41, 5.74) is 0. The highest BCUT2D eigenvalue weighted by molar-refractivity contribution is 5.81. The number of rotatable bonds is 4. The van der Waals surface area contributed by atoms with Gasteiger partial charge in [0, 0.05) is 12.1 Å². The topological polar surface area (TPSA) is 61.4 Å². The largest absolute Gasteiger partial charge is 0.392 e. The lowest BCUT2D eigenvalue weighted by Gasteiger charge is -2.26. The van der Waals surface area contributed by atoms with E-state index in [0.29, 0.717) is 0 Å². The van der Waals surface area contributed by atoms with E-state index in [1.54, 1.807) is 0 Å². The average molecular weight is 242 g/mol. The Morgan fingerprint density at radius 1 is 1.18 bits per heavy atom. The van der Waals surface area contributed by atoms with Gasteiger partial charge in [-0.15, -0.1) is 0 Å². The van der Waals surface area contributed by atoms with Gasteiger partial charge in [-0.2, -0.15) is 0 Å². The van der Waals surface area contributed by atoms with E-state index < -0.39 is 0 Å². The van der Waals surface area contributed by atoms with Crippen LogP contribution in [0, 0.1) is 0 Å². The predicted octanol–water partition coefficient (Wildman–Crippen LogP) is 1.18. The summed E-state index contributed by atoms with van der Waals surface area (Å²) in [6.07, 6.45) is 4.89. The Morgan fingerprint density at radius 2 is 1.82 bits per heavy atom. The highest BCUT2D eigenvalue weighted by Gasteiger charge is 2.25. The molecule has 1 saturated carbocycles. The molecule has 3 unspecified atom stereocenters. The molecule has 0 heterocycles. The van der Waals surface area contributed by atoms with Crippen LogP contribution in [0.25, 0.3) is 0 Å². The fraction of sp³-hybridized carbons (Fsp3) is 0.923. The fourth-order valence-electron chi connectivity index (χ4n) is 2.29. The zero-order valence-electron chi connectivity index (χ0n) is 11.2. The molecule has 3 N–H and O–H groups in total. The van der Waals surface area contributed by atoms with Gasteiger partial charge < -0.3 is 15.7 Å². The van der Waals surface area contributed by atoms with Crippen molar-refractivity contribution in [3.63, 3.8) is 0 Å². The van der Waals surface area contributed by atoms with Crippen LogP contribution in [0.5, 0.6) is 0 Å². The van der Waals surface area contributed by atoms with Crippen LogP contribution in [0.3, 0.4) is 0 Å². The van der Waals surface area contributed by atoms with Crippen molar-refractivity contribution < 1.29 is 9.90 Å². The van der Waals surface area contributed by atoms with Crippen LogP contribution >= 0.6 is 0 Å². The third-order valence-corrected chi connectivity index (χ3v) is 3.27. The maximum atomic E-state index is 11.8. The van der Waals surface area contributed by atoms with E-state index >= 15 is 0 Å². The molecule has 3 atom stereocenters. The van der Waals surface area contributed by atoms with Crippen molar-refractivity contribution in [2.45, 2.75) is 77.1 Å². The molecule has 0 aliphatic heterocycles. The lowest BCUT2D eigenvalue weighted by molar-refractivity contribution is -0.123. The number of aliphatic hydroxyl groups excluding tert-OH is 1. The first-order chi connectivity index (χ1) is 8.00. The smallest absolute Gasteiger partial charge is 0.237 e. The lowest BCUT2D eigenvalue weighted by Crippen LogP contribution is -2.51. The molecule has 100 valence electrons. The molecule has 1 rings (SSSR count). The van der Waals surface area contributed by atoms with E-state index in [1.807, 2.05) is 20.8 Å². The van der Waals surface area contributed by atoms with Crippen LogP contribution in [0.2, 0.25) is 0 Å². The highest BCUT2D eigenvalue weighted by atomic mass is 16.3. The summed E-state index contributed by atoms with van der Waals surface area (Å²) in [4.78, 5) is 11.8. The molecule has 1 aliphatic carbocycles. The summed E-state index contributed by atoms with van der Waals surface area (Å²) >= 11 is 0. The predicted molar refractivity (Wildman–Crippen MR) is 68.8 cm³/mol. The normalized spacial score (nSPS) is 27.6. The molecule has 1 fully saturated rings. The molecule has 0 bridgehead atoms. The van der Waals surface area contributed by atoms with Crippen LogP contribution in [-0.4, -0.2) is 35.2 Å². The minimum atomic E-state index is -0.313. The molecule has 0 aromatic rings. The summed E-state index contributed by atoms with van der Waals surface area (Å²) in [5.74, 6) is 0.0106. The molecule has 4 nitrogen and oxygen atoms in total. The average Bonchev–Trinajstić information content (AvgIpc) is 2.43. The first-order valence-corrected chi connectivity index (χ1v) is 6.75. The Kier molecular flexibility index (Phi) is 5.92. The van der Waals surface area contributed by atoms with Crippen molar-refractivity contribution in [2.75, 3.05) is 0 Å². The van der Waals surface area contributed by atoms with Crippen molar-refractivity contribution in [2.24, 2.45) is 0 Å². The molecule has 0 aromatic carbocycles. The second-order valence-electron chi connectivity index (χ2n) is 5.36. The van der Waals surface area contributed by atoms with Gasteiger partial charge in [-0.3, -0.25) is 4.79 Å². The van der Waals surface area contributed by atoms with Crippen molar-refractivity contribution in [3.8, 4) is 0 Å². The minimum Gasteiger partial charge on any atom is -0.392 e. The third kappa shape index (κ3) is 5.04. The first-order valence-electron chi connectivity index (χ1n) is 6.75. The molecule has 0 saturated heterocycles. The SMILES string of the molecule is CC(C)NC(=O)C(C)NC1CCCCCC1O. The van der Waals surface area contributed by atoms with Gasteiger partial charge >= 0.3 is 0 Å². The number of carbonyl (C=O) groups excluding carboxylic acids is 1. The summed E-state index contributed by atoms with van der Waals surface area (Å²) in [7, 11) is 0. The molecular weight excluding hydrogens is 216 g/mol. The van der Waals surface area contributed by atoms with E-state index in [2.05, 4.69) is 10.6 Å². The van der Waals surface area contributed by atoms with Crippen LogP contribution < -0.4 is 10.6 Å². The monoisotopic (exact) mass is 242 g/mol. The molecule has 0 aromatic heterocycles. The number of carbonyl (C=O) groups is 1. The number of hydrogen-bond acceptors (Lipinski definition) is 3. The van der Waals surface area contributed by atoms with Crippen LogP contribution in [-0.2, 0) is 4.79 Å². The Bertz CT molecular complexity index is 244. The minimum absolute atomic E-state index is 0.0106. The molecular formula is C13H26N2O2. The van der Waals surface area contributed by atoms with E-state index in [4.69, 9.17) is 0 Å². The van der Waals surface area contributed by atoms with Crippen LogP contribution in [0.15, 0.2) is 0 Å². The third-order valence-electron chi connectivity index (χ3n) is 3.27. The van der Waals surface area contributed by atoms with Crippen molar-refractivity contribution in [1.82, 2.24) is 10.6 Å².